The van der Waals surface area contributed by atoms with Gasteiger partial charge in [-0.3, -0.25) is 14.9 Å². The molecule has 3 N–H and O–H groups in total. The Balaban J connectivity index is 1.62. The summed E-state index contributed by atoms with van der Waals surface area (Å²) in [6.07, 6.45) is 0. The fourth-order valence-electron chi connectivity index (χ4n) is 2.20. The van der Waals surface area contributed by atoms with Gasteiger partial charge in [0, 0.05) is 16.9 Å². The Hall–Kier alpha value is -3.03. The largest absolute Gasteiger partial charge is 0.332 e. The van der Waals surface area contributed by atoms with Gasteiger partial charge in [0.1, 0.15) is 0 Å². The third-order valence-corrected chi connectivity index (χ3v) is 4.46. The summed E-state index contributed by atoms with van der Waals surface area (Å²) in [7, 11) is 0. The predicted octanol–water partition coefficient (Wildman–Crippen LogP) is 4.13. The lowest BCUT2D eigenvalue weighted by Gasteiger charge is -2.10. The van der Waals surface area contributed by atoms with Crippen molar-refractivity contribution >= 4 is 51.9 Å². The van der Waals surface area contributed by atoms with Crippen LogP contribution in [0.15, 0.2) is 72.1 Å². The molecule has 5 nitrogen and oxygen atoms in total. The second-order valence-corrected chi connectivity index (χ2v) is 6.64. The third-order valence-electron chi connectivity index (χ3n) is 3.39. The number of rotatable bonds is 4. The molecule has 0 bridgehead atoms. The van der Waals surface area contributed by atoms with Crippen LogP contribution in [0.3, 0.4) is 0 Å². The molecule has 2 aromatic carbocycles. The smallest absolute Gasteiger partial charge is 0.267 e. The van der Waals surface area contributed by atoms with Gasteiger partial charge in [-0.15, -0.1) is 11.3 Å². The fraction of sp³-hybridized carbons (Fsp3) is 0. The Labute approximate surface area is 160 Å². The minimum atomic E-state index is -0.268. The van der Waals surface area contributed by atoms with Gasteiger partial charge in [-0.05, 0) is 54.0 Å². The molecular formula is C19H15N3O2S2. The second kappa shape index (κ2) is 8.37. The first-order chi connectivity index (χ1) is 12.6. The van der Waals surface area contributed by atoms with Crippen molar-refractivity contribution in [1.82, 2.24) is 5.32 Å². The molecule has 3 rings (SSSR count). The molecule has 26 heavy (non-hydrogen) atoms. The van der Waals surface area contributed by atoms with Crippen LogP contribution in [-0.4, -0.2) is 16.9 Å². The summed E-state index contributed by atoms with van der Waals surface area (Å²) in [5.74, 6) is -0.496. The lowest BCUT2D eigenvalue weighted by Crippen LogP contribution is -2.33. The number of anilines is 2. The van der Waals surface area contributed by atoms with E-state index in [2.05, 4.69) is 16.0 Å². The summed E-state index contributed by atoms with van der Waals surface area (Å²) in [5, 5.41) is 10.3. The van der Waals surface area contributed by atoms with Crippen molar-refractivity contribution in [3.8, 4) is 0 Å². The van der Waals surface area contributed by atoms with Crippen LogP contribution < -0.4 is 16.0 Å². The zero-order valence-corrected chi connectivity index (χ0v) is 15.2. The fourth-order valence-corrected chi connectivity index (χ4v) is 3.03. The number of thiocarbonyl (C=S) groups is 1. The molecule has 3 aromatic rings. The summed E-state index contributed by atoms with van der Waals surface area (Å²) in [4.78, 5) is 24.9. The highest BCUT2D eigenvalue weighted by Gasteiger charge is 2.10. The van der Waals surface area contributed by atoms with Crippen molar-refractivity contribution in [3.05, 3.63) is 82.6 Å². The van der Waals surface area contributed by atoms with Crippen LogP contribution in [0.25, 0.3) is 0 Å². The van der Waals surface area contributed by atoms with Gasteiger partial charge in [0.05, 0.1) is 4.88 Å². The second-order valence-electron chi connectivity index (χ2n) is 5.29. The zero-order valence-electron chi connectivity index (χ0n) is 13.6. The van der Waals surface area contributed by atoms with Crippen molar-refractivity contribution in [2.24, 2.45) is 0 Å². The number of hydrogen-bond donors (Lipinski definition) is 3. The van der Waals surface area contributed by atoms with Gasteiger partial charge in [0.2, 0.25) is 0 Å². The first-order valence-electron chi connectivity index (χ1n) is 7.74. The Bertz CT molecular complexity index is 925. The molecule has 0 fully saturated rings. The number of carbonyl (C=O) groups is 2. The average Bonchev–Trinajstić information content (AvgIpc) is 3.17. The van der Waals surface area contributed by atoms with Crippen molar-refractivity contribution in [2.45, 2.75) is 0 Å². The van der Waals surface area contributed by atoms with E-state index >= 15 is 0 Å². The summed E-state index contributed by atoms with van der Waals surface area (Å²) < 4.78 is 0. The number of para-hydroxylation sites is 1. The predicted molar refractivity (Wildman–Crippen MR) is 109 cm³/mol. The highest BCUT2D eigenvalue weighted by molar-refractivity contribution is 7.80. The standard InChI is InChI=1S/C19H15N3O2S2/c23-17(20-14-7-2-1-3-8-14)13-6-4-9-15(12-13)21-19(25)22-18(24)16-10-5-11-26-16/h1-12H,(H,20,23)(H2,21,22,24,25). The molecule has 0 radical (unpaired) electrons. The van der Waals surface area contributed by atoms with Gasteiger partial charge in [0.25, 0.3) is 11.8 Å². The molecule has 0 unspecified atom stereocenters. The minimum Gasteiger partial charge on any atom is -0.332 e. The van der Waals surface area contributed by atoms with Crippen molar-refractivity contribution in [1.29, 1.82) is 0 Å². The normalized spacial score (nSPS) is 10.0. The maximum absolute atomic E-state index is 12.3. The Morgan fingerprint density at radius 3 is 2.31 bits per heavy atom. The van der Waals surface area contributed by atoms with Gasteiger partial charge in [0.15, 0.2) is 5.11 Å². The molecule has 0 aliphatic carbocycles. The number of thiophene rings is 1. The quantitative estimate of drug-likeness (QED) is 0.595. The molecule has 0 atom stereocenters. The monoisotopic (exact) mass is 381 g/mol. The molecule has 1 heterocycles. The van der Waals surface area contributed by atoms with Crippen LogP contribution in [0.1, 0.15) is 20.0 Å². The van der Waals surface area contributed by atoms with Gasteiger partial charge < -0.3 is 10.6 Å². The van der Waals surface area contributed by atoms with Crippen LogP contribution in [0.2, 0.25) is 0 Å². The van der Waals surface area contributed by atoms with Crippen molar-refractivity contribution < 1.29 is 9.59 Å². The molecule has 7 heteroatoms. The molecule has 1 aromatic heterocycles. The summed E-state index contributed by atoms with van der Waals surface area (Å²) >= 11 is 6.50. The van der Waals surface area contributed by atoms with Gasteiger partial charge in [-0.1, -0.05) is 30.3 Å². The number of benzene rings is 2. The van der Waals surface area contributed by atoms with E-state index in [1.54, 1.807) is 36.4 Å². The topological polar surface area (TPSA) is 70.2 Å². The lowest BCUT2D eigenvalue weighted by atomic mass is 10.2. The van der Waals surface area contributed by atoms with Crippen LogP contribution in [0, 0.1) is 0 Å². The van der Waals surface area contributed by atoms with Gasteiger partial charge in [-0.2, -0.15) is 0 Å². The lowest BCUT2D eigenvalue weighted by molar-refractivity contribution is 0.0980. The number of carbonyl (C=O) groups excluding carboxylic acids is 2. The molecule has 0 aliphatic rings. The van der Waals surface area contributed by atoms with Crippen LogP contribution in [-0.2, 0) is 0 Å². The van der Waals surface area contributed by atoms with E-state index in [9.17, 15) is 9.59 Å². The first kappa shape index (κ1) is 17.8. The molecular weight excluding hydrogens is 366 g/mol. The Morgan fingerprint density at radius 2 is 1.58 bits per heavy atom. The number of amides is 2. The molecule has 0 saturated heterocycles. The maximum Gasteiger partial charge on any atom is 0.267 e. The number of nitrogens with one attached hydrogen (secondary N) is 3. The molecule has 130 valence electrons. The van der Waals surface area contributed by atoms with Crippen LogP contribution in [0.4, 0.5) is 11.4 Å². The van der Waals surface area contributed by atoms with Crippen LogP contribution in [0.5, 0.6) is 0 Å². The number of hydrogen-bond acceptors (Lipinski definition) is 4. The summed E-state index contributed by atoms with van der Waals surface area (Å²) in [5.41, 5.74) is 1.81. The maximum atomic E-state index is 12.3. The van der Waals surface area contributed by atoms with E-state index in [-0.39, 0.29) is 16.9 Å². The Kier molecular flexibility index (Phi) is 5.73. The van der Waals surface area contributed by atoms with E-state index in [1.807, 2.05) is 35.7 Å². The SMILES string of the molecule is O=C(Nc1ccccc1)c1cccc(NC(=S)NC(=O)c2cccs2)c1. The van der Waals surface area contributed by atoms with Gasteiger partial charge in [-0.25, -0.2) is 0 Å². The average molecular weight is 381 g/mol. The van der Waals surface area contributed by atoms with E-state index in [4.69, 9.17) is 12.2 Å². The van der Waals surface area contributed by atoms with E-state index < -0.39 is 0 Å². The first-order valence-corrected chi connectivity index (χ1v) is 9.03. The Morgan fingerprint density at radius 1 is 0.808 bits per heavy atom. The summed E-state index contributed by atoms with van der Waals surface area (Å²) in [6, 6.07) is 19.6. The molecule has 0 spiro atoms. The highest BCUT2D eigenvalue weighted by atomic mass is 32.1. The van der Waals surface area contributed by atoms with Crippen molar-refractivity contribution in [3.63, 3.8) is 0 Å². The zero-order chi connectivity index (χ0) is 18.4. The minimum absolute atomic E-state index is 0.170. The third kappa shape index (κ3) is 4.75. The molecule has 0 saturated carbocycles. The van der Waals surface area contributed by atoms with Crippen LogP contribution >= 0.6 is 23.6 Å². The van der Waals surface area contributed by atoms with Gasteiger partial charge >= 0.3 is 0 Å². The van der Waals surface area contributed by atoms with E-state index in [0.717, 1.165) is 5.69 Å². The summed E-state index contributed by atoms with van der Waals surface area (Å²) in [6.45, 7) is 0. The molecule has 2 amide bonds. The van der Waals surface area contributed by atoms with E-state index in [0.29, 0.717) is 16.1 Å². The van der Waals surface area contributed by atoms with E-state index in [1.165, 1.54) is 11.3 Å². The molecule has 0 aliphatic heterocycles. The highest BCUT2D eigenvalue weighted by Crippen LogP contribution is 2.14. The van der Waals surface area contributed by atoms with Crippen molar-refractivity contribution in [2.75, 3.05) is 10.6 Å².